The van der Waals surface area contributed by atoms with Gasteiger partial charge in [-0.3, -0.25) is 4.98 Å². The number of anilines is 2. The van der Waals surface area contributed by atoms with Gasteiger partial charge in [0.1, 0.15) is 0 Å². The van der Waals surface area contributed by atoms with Crippen LogP contribution in [0.5, 0.6) is 0 Å². The lowest BCUT2D eigenvalue weighted by Crippen LogP contribution is -1.94. The summed E-state index contributed by atoms with van der Waals surface area (Å²) in [6, 6.07) is 26.8. The van der Waals surface area contributed by atoms with E-state index in [2.05, 4.69) is 76.1 Å². The molecule has 2 N–H and O–H groups in total. The van der Waals surface area contributed by atoms with Crippen LogP contribution in [-0.4, -0.2) is 9.97 Å². The summed E-state index contributed by atoms with van der Waals surface area (Å²) in [7, 11) is 0. The largest absolute Gasteiger partial charge is 0.361 e. The molecule has 0 amide bonds. The molecule has 0 saturated heterocycles. The lowest BCUT2D eigenvalue weighted by Gasteiger charge is -2.10. The number of aryl methyl sites for hydroxylation is 2. The first kappa shape index (κ1) is 18.9. The molecule has 5 aromatic rings. The summed E-state index contributed by atoms with van der Waals surface area (Å²) in [5, 5.41) is 14.9. The fourth-order valence-electron chi connectivity index (χ4n) is 4.06. The highest BCUT2D eigenvalue weighted by Gasteiger charge is 2.05. The maximum atomic E-state index is 9.20. The highest BCUT2D eigenvalue weighted by molar-refractivity contribution is 5.93. The van der Waals surface area contributed by atoms with Crippen LogP contribution >= 0.6 is 0 Å². The number of rotatable bonds is 6. The molecule has 0 spiro atoms. The van der Waals surface area contributed by atoms with Crippen LogP contribution in [-0.2, 0) is 12.8 Å². The van der Waals surface area contributed by atoms with E-state index in [1.807, 2.05) is 18.2 Å². The molecule has 5 rings (SSSR count). The Morgan fingerprint density at radius 3 is 2.65 bits per heavy atom. The number of H-pyrrole nitrogens is 1. The number of nitriles is 1. The number of aromatic nitrogens is 2. The summed E-state index contributed by atoms with van der Waals surface area (Å²) >= 11 is 0. The number of hydrogen-bond acceptors (Lipinski definition) is 3. The zero-order chi connectivity index (χ0) is 21.0. The Bertz CT molecular complexity index is 1390. The number of fused-ring (bicyclic) bond motifs is 2. The van der Waals surface area contributed by atoms with E-state index in [0.717, 1.165) is 41.5 Å². The monoisotopic (exact) mass is 402 g/mol. The lowest BCUT2D eigenvalue weighted by molar-refractivity contribution is 0.825. The molecule has 0 aliphatic heterocycles. The summed E-state index contributed by atoms with van der Waals surface area (Å²) in [6.07, 6.45) is 7.14. The molecule has 4 heteroatoms. The predicted octanol–water partition coefficient (Wildman–Crippen LogP) is 6.51. The van der Waals surface area contributed by atoms with Crippen molar-refractivity contribution in [1.82, 2.24) is 9.97 Å². The van der Waals surface area contributed by atoms with E-state index in [1.54, 1.807) is 12.3 Å². The van der Waals surface area contributed by atoms with Gasteiger partial charge in [0.2, 0.25) is 0 Å². The van der Waals surface area contributed by atoms with Crippen LogP contribution in [0.2, 0.25) is 0 Å². The number of nitrogens with zero attached hydrogens (tertiary/aromatic N) is 2. The van der Waals surface area contributed by atoms with Crippen molar-refractivity contribution in [3.63, 3.8) is 0 Å². The van der Waals surface area contributed by atoms with Crippen LogP contribution < -0.4 is 5.32 Å². The van der Waals surface area contributed by atoms with E-state index < -0.39 is 0 Å². The molecule has 150 valence electrons. The van der Waals surface area contributed by atoms with Gasteiger partial charge >= 0.3 is 0 Å². The number of pyridine rings is 1. The molecular weight excluding hydrogens is 380 g/mol. The van der Waals surface area contributed by atoms with Crippen LogP contribution in [0.4, 0.5) is 11.4 Å². The molecule has 0 atom stereocenters. The van der Waals surface area contributed by atoms with Gasteiger partial charge in [0.15, 0.2) is 0 Å². The van der Waals surface area contributed by atoms with Crippen molar-refractivity contribution in [2.45, 2.75) is 19.3 Å². The smallest absolute Gasteiger partial charge is 0.0991 e. The van der Waals surface area contributed by atoms with Gasteiger partial charge in [0.05, 0.1) is 17.1 Å². The first-order valence-corrected chi connectivity index (χ1v) is 10.5. The molecule has 0 aliphatic rings. The molecule has 0 unspecified atom stereocenters. The molecule has 2 heterocycles. The Morgan fingerprint density at radius 1 is 0.903 bits per heavy atom. The van der Waals surface area contributed by atoms with Crippen LogP contribution in [0.25, 0.3) is 21.8 Å². The second-order valence-electron chi connectivity index (χ2n) is 7.74. The molecule has 2 aromatic heterocycles. The van der Waals surface area contributed by atoms with Gasteiger partial charge in [-0.1, -0.05) is 30.3 Å². The molecule has 3 aromatic carbocycles. The molecule has 0 radical (unpaired) electrons. The van der Waals surface area contributed by atoms with Crippen molar-refractivity contribution in [3.8, 4) is 6.07 Å². The number of para-hydroxylation sites is 1. The second-order valence-corrected chi connectivity index (χ2v) is 7.74. The van der Waals surface area contributed by atoms with Gasteiger partial charge in [-0.2, -0.15) is 5.26 Å². The molecule has 4 nitrogen and oxygen atoms in total. The number of benzene rings is 3. The van der Waals surface area contributed by atoms with Crippen molar-refractivity contribution in [3.05, 3.63) is 102 Å². The minimum Gasteiger partial charge on any atom is -0.361 e. The van der Waals surface area contributed by atoms with Crippen molar-refractivity contribution in [1.29, 1.82) is 5.26 Å². The molecule has 0 saturated carbocycles. The van der Waals surface area contributed by atoms with Gasteiger partial charge < -0.3 is 10.3 Å². The molecular formula is C27H22N4. The van der Waals surface area contributed by atoms with E-state index in [4.69, 9.17) is 0 Å². The third-order valence-electron chi connectivity index (χ3n) is 5.69. The SMILES string of the molecule is N#Cc1ccc2nccc(Nc3ccc(CCCc4c[nH]c5ccccc45)cc3)c2c1. The van der Waals surface area contributed by atoms with Crippen molar-refractivity contribution in [2.75, 3.05) is 5.32 Å². The number of nitrogens with one attached hydrogen (secondary N) is 2. The molecule has 0 aliphatic carbocycles. The first-order valence-electron chi connectivity index (χ1n) is 10.5. The standard InChI is InChI=1S/C27H22N4/c28-17-20-10-13-26-24(16-20)27(14-15-29-26)31-22-11-8-19(9-12-22)4-3-5-21-18-30-25-7-2-1-6-23(21)25/h1-2,6-16,18,30H,3-5H2,(H,29,31). The number of hydrogen-bond donors (Lipinski definition) is 2. The summed E-state index contributed by atoms with van der Waals surface area (Å²) in [5.41, 5.74) is 7.40. The van der Waals surface area contributed by atoms with Crippen LogP contribution in [0.3, 0.4) is 0 Å². The zero-order valence-electron chi connectivity index (χ0n) is 17.1. The van der Waals surface area contributed by atoms with Crippen molar-refractivity contribution in [2.24, 2.45) is 0 Å². The second kappa shape index (κ2) is 8.33. The van der Waals surface area contributed by atoms with Crippen molar-refractivity contribution >= 4 is 33.2 Å². The van der Waals surface area contributed by atoms with Gasteiger partial charge in [-0.25, -0.2) is 0 Å². The maximum Gasteiger partial charge on any atom is 0.0991 e. The first-order chi connectivity index (χ1) is 15.3. The van der Waals surface area contributed by atoms with Gasteiger partial charge in [0.25, 0.3) is 0 Å². The van der Waals surface area contributed by atoms with Crippen LogP contribution in [0.15, 0.2) is 85.2 Å². The Morgan fingerprint density at radius 2 is 1.77 bits per heavy atom. The lowest BCUT2D eigenvalue weighted by atomic mass is 10.0. The molecule has 0 bridgehead atoms. The van der Waals surface area contributed by atoms with E-state index >= 15 is 0 Å². The third-order valence-corrected chi connectivity index (χ3v) is 5.69. The predicted molar refractivity (Wildman–Crippen MR) is 127 cm³/mol. The maximum absolute atomic E-state index is 9.20. The summed E-state index contributed by atoms with van der Waals surface area (Å²) < 4.78 is 0. The Balaban J connectivity index is 1.25. The quantitative estimate of drug-likeness (QED) is 0.340. The molecule has 31 heavy (non-hydrogen) atoms. The summed E-state index contributed by atoms with van der Waals surface area (Å²) in [5.74, 6) is 0. The van der Waals surface area contributed by atoms with E-state index in [1.165, 1.54) is 22.0 Å². The normalized spacial score (nSPS) is 10.9. The summed E-state index contributed by atoms with van der Waals surface area (Å²) in [6.45, 7) is 0. The van der Waals surface area contributed by atoms with Crippen LogP contribution in [0.1, 0.15) is 23.1 Å². The van der Waals surface area contributed by atoms with Gasteiger partial charge in [-0.05, 0) is 72.9 Å². The van der Waals surface area contributed by atoms with Crippen LogP contribution in [0, 0.1) is 11.3 Å². The Kier molecular flexibility index (Phi) is 5.08. The fourth-order valence-corrected chi connectivity index (χ4v) is 4.06. The highest BCUT2D eigenvalue weighted by atomic mass is 14.9. The average Bonchev–Trinajstić information content (AvgIpc) is 3.23. The van der Waals surface area contributed by atoms with Crippen molar-refractivity contribution < 1.29 is 0 Å². The Labute approximate surface area is 181 Å². The van der Waals surface area contributed by atoms with E-state index in [-0.39, 0.29) is 0 Å². The number of aromatic amines is 1. The highest BCUT2D eigenvalue weighted by Crippen LogP contribution is 2.26. The van der Waals surface area contributed by atoms with Gasteiger partial charge in [-0.15, -0.1) is 0 Å². The third kappa shape index (κ3) is 3.99. The topological polar surface area (TPSA) is 64.5 Å². The fraction of sp³-hybridized carbons (Fsp3) is 0.111. The zero-order valence-corrected chi connectivity index (χ0v) is 17.1. The molecule has 0 fully saturated rings. The summed E-state index contributed by atoms with van der Waals surface area (Å²) in [4.78, 5) is 7.75. The average molecular weight is 403 g/mol. The van der Waals surface area contributed by atoms with Gasteiger partial charge in [0, 0.05) is 40.1 Å². The Hall–Kier alpha value is -4.10. The minimum absolute atomic E-state index is 0.633. The van der Waals surface area contributed by atoms with E-state index in [9.17, 15) is 5.26 Å². The minimum atomic E-state index is 0.633. The van der Waals surface area contributed by atoms with E-state index in [0.29, 0.717) is 5.56 Å².